The van der Waals surface area contributed by atoms with Crippen LogP contribution in [0.1, 0.15) is 54.0 Å². The van der Waals surface area contributed by atoms with E-state index >= 15 is 0 Å². The molecule has 2 amide bonds. The van der Waals surface area contributed by atoms with E-state index < -0.39 is 66.6 Å². The minimum atomic E-state index is -4.64. The lowest BCUT2D eigenvalue weighted by atomic mass is 10.1. The number of nitrogens with one attached hydrogen (secondary N) is 1. The fourth-order valence-corrected chi connectivity index (χ4v) is 6.18. The summed E-state index contributed by atoms with van der Waals surface area (Å²) in [7, 11) is -6.15. The summed E-state index contributed by atoms with van der Waals surface area (Å²) in [6.45, 7) is 17.2. The number of aryl methyl sites for hydroxylation is 1. The Morgan fingerprint density at radius 3 is 2.07 bits per heavy atom. The first-order valence-corrected chi connectivity index (χ1v) is 17.3. The molecule has 0 bridgehead atoms. The maximum absolute atomic E-state index is 14.2. The molecule has 0 heterocycles. The second kappa shape index (κ2) is 13.7. The van der Waals surface area contributed by atoms with Gasteiger partial charge in [-0.1, -0.05) is 43.6 Å². The Morgan fingerprint density at radius 2 is 1.63 bits per heavy atom. The number of hydrogen-bond acceptors (Lipinski definition) is 9. The van der Waals surface area contributed by atoms with Crippen LogP contribution in [0.15, 0.2) is 34.3 Å². The Kier molecular flexibility index (Phi) is 12.0. The molecule has 0 aliphatic heterocycles. The number of hydrogen-bond donors (Lipinski definition) is 1. The van der Waals surface area contributed by atoms with Crippen molar-refractivity contribution in [2.45, 2.75) is 102 Å². The lowest BCUT2D eigenvalue weighted by molar-refractivity contribution is -0.142. The number of carbonyl (C=O) groups is 3. The van der Waals surface area contributed by atoms with E-state index in [9.17, 15) is 22.8 Å². The molecular formula is C26H43N5O8SSi. The van der Waals surface area contributed by atoms with Crippen molar-refractivity contribution in [2.24, 2.45) is 5.11 Å². The summed E-state index contributed by atoms with van der Waals surface area (Å²) in [5.74, 6) is -2.17. The van der Waals surface area contributed by atoms with Gasteiger partial charge in [-0.3, -0.25) is 9.59 Å². The van der Waals surface area contributed by atoms with Crippen LogP contribution in [-0.4, -0.2) is 76.5 Å². The molecule has 1 aromatic carbocycles. The normalized spacial score (nSPS) is 14.6. The molecule has 0 aromatic heterocycles. The van der Waals surface area contributed by atoms with Crippen molar-refractivity contribution < 1.29 is 36.7 Å². The molecule has 230 valence electrons. The second-order valence-electron chi connectivity index (χ2n) is 12.1. The van der Waals surface area contributed by atoms with Gasteiger partial charge in [-0.15, -0.1) is 0 Å². The number of nitrogens with zero attached hydrogens (tertiary/aromatic N) is 4. The molecule has 0 fully saturated rings. The van der Waals surface area contributed by atoms with Crippen LogP contribution in [0, 0.1) is 6.92 Å². The molecule has 0 aliphatic rings. The summed E-state index contributed by atoms with van der Waals surface area (Å²) in [6, 6.07) is 2.42. The van der Waals surface area contributed by atoms with Gasteiger partial charge in [0.2, 0.25) is 0 Å². The van der Waals surface area contributed by atoms with E-state index in [0.29, 0.717) is 4.31 Å². The first kappa shape index (κ1) is 35.9. The van der Waals surface area contributed by atoms with Crippen LogP contribution >= 0.6 is 0 Å². The summed E-state index contributed by atoms with van der Waals surface area (Å²) in [6.07, 6.45) is -2.00. The molecule has 41 heavy (non-hydrogen) atoms. The van der Waals surface area contributed by atoms with E-state index in [1.807, 2.05) is 33.9 Å². The van der Waals surface area contributed by atoms with Gasteiger partial charge in [0.05, 0.1) is 24.7 Å². The monoisotopic (exact) mass is 613 g/mol. The highest BCUT2D eigenvalue weighted by Crippen LogP contribution is 2.37. The molecule has 0 unspecified atom stereocenters. The Balaban J connectivity index is 3.78. The number of esters is 1. The summed E-state index contributed by atoms with van der Waals surface area (Å²) in [4.78, 5) is 41.8. The Morgan fingerprint density at radius 1 is 1.10 bits per heavy atom. The predicted octanol–water partition coefficient (Wildman–Crippen LogP) is 4.67. The first-order chi connectivity index (χ1) is 18.6. The number of methoxy groups -OCH3 is 1. The van der Waals surface area contributed by atoms with Gasteiger partial charge in [0, 0.05) is 4.91 Å². The third-order valence-electron chi connectivity index (χ3n) is 6.55. The molecule has 1 N–H and O–H groups in total. The molecule has 0 saturated carbocycles. The van der Waals surface area contributed by atoms with Crippen LogP contribution in [0.25, 0.3) is 10.4 Å². The van der Waals surface area contributed by atoms with Crippen LogP contribution in [0.4, 0.5) is 4.79 Å². The van der Waals surface area contributed by atoms with Crippen LogP contribution in [0.5, 0.6) is 0 Å². The molecule has 15 heteroatoms. The Bertz CT molecular complexity index is 1250. The zero-order valence-electron chi connectivity index (χ0n) is 25.7. The van der Waals surface area contributed by atoms with E-state index in [-0.39, 0.29) is 9.93 Å². The van der Waals surface area contributed by atoms with Crippen molar-refractivity contribution in [3.05, 3.63) is 40.3 Å². The quantitative estimate of drug-likeness (QED) is 0.123. The van der Waals surface area contributed by atoms with Gasteiger partial charge in [-0.2, -0.15) is 0 Å². The van der Waals surface area contributed by atoms with Gasteiger partial charge in [-0.25, -0.2) is 17.5 Å². The highest BCUT2D eigenvalue weighted by atomic mass is 32.2. The summed E-state index contributed by atoms with van der Waals surface area (Å²) in [5.41, 5.74) is 8.86. The van der Waals surface area contributed by atoms with Crippen molar-refractivity contribution in [1.82, 2.24) is 9.62 Å². The smallest absolute Gasteiger partial charge is 0.408 e. The summed E-state index contributed by atoms with van der Waals surface area (Å²) >= 11 is 0. The number of ether oxygens (including phenoxy) is 2. The molecule has 0 radical (unpaired) electrons. The standard InChI is InChI=1S/C26H43N5O8SSi/c1-17-12-14-19(15-13-17)40(35,36)31(16-20(29-30-27)23(33)37-9)22(32)21(28-24(34)38-25(3,4)5)18(2)39-41(10,11)26(6,7)8/h12-15,18,20-21H,16H2,1-11H3,(H,28,34)/t18-,20+,21+/m1/s1. The highest BCUT2D eigenvalue weighted by molar-refractivity contribution is 7.89. The Labute approximate surface area is 243 Å². The highest BCUT2D eigenvalue weighted by Gasteiger charge is 2.45. The number of rotatable bonds is 11. The summed E-state index contributed by atoms with van der Waals surface area (Å²) in [5, 5.41) is 5.54. The maximum Gasteiger partial charge on any atom is 0.408 e. The number of azide groups is 1. The molecule has 0 aliphatic carbocycles. The van der Waals surface area contributed by atoms with Gasteiger partial charge >= 0.3 is 12.1 Å². The average molecular weight is 614 g/mol. The SMILES string of the molecule is COC(=O)[C@H](CN(C(=O)[C@@H](NC(=O)OC(C)(C)C)[C@@H](C)O[Si](C)(C)C(C)(C)C)S(=O)(=O)c1ccc(C)cc1)N=[N+]=[N-]. The van der Waals surface area contributed by atoms with Gasteiger partial charge < -0.3 is 19.2 Å². The van der Waals surface area contributed by atoms with E-state index in [2.05, 4.69) is 20.1 Å². The van der Waals surface area contributed by atoms with Crippen molar-refractivity contribution in [3.8, 4) is 0 Å². The lowest BCUT2D eigenvalue weighted by Crippen LogP contribution is -2.59. The molecular weight excluding hydrogens is 570 g/mol. The second-order valence-corrected chi connectivity index (χ2v) is 18.8. The number of carbonyl (C=O) groups excluding carboxylic acids is 3. The fraction of sp³-hybridized carbons (Fsp3) is 0.654. The average Bonchev–Trinajstić information content (AvgIpc) is 2.82. The van der Waals surface area contributed by atoms with Gasteiger partial charge in [0.1, 0.15) is 11.6 Å². The van der Waals surface area contributed by atoms with Crippen molar-refractivity contribution in [3.63, 3.8) is 0 Å². The fourth-order valence-electron chi connectivity index (χ4n) is 3.34. The zero-order valence-corrected chi connectivity index (χ0v) is 27.5. The zero-order chi connectivity index (χ0) is 32.0. The van der Waals surface area contributed by atoms with Crippen LogP contribution in [-0.2, 0) is 33.5 Å². The molecule has 0 saturated heterocycles. The third-order valence-corrected chi connectivity index (χ3v) is 12.9. The number of amides is 2. The van der Waals surface area contributed by atoms with Gasteiger partial charge in [0.15, 0.2) is 14.4 Å². The predicted molar refractivity (Wildman–Crippen MR) is 156 cm³/mol. The van der Waals surface area contributed by atoms with E-state index in [1.54, 1.807) is 46.8 Å². The van der Waals surface area contributed by atoms with E-state index in [0.717, 1.165) is 12.7 Å². The lowest BCUT2D eigenvalue weighted by Gasteiger charge is -2.41. The van der Waals surface area contributed by atoms with Gasteiger partial charge in [-0.05, 0) is 70.4 Å². The topological polar surface area (TPSA) is 177 Å². The van der Waals surface area contributed by atoms with E-state index in [4.69, 9.17) is 14.7 Å². The number of benzene rings is 1. The number of alkyl carbamates (subject to hydrolysis) is 1. The van der Waals surface area contributed by atoms with Crippen molar-refractivity contribution in [2.75, 3.05) is 13.7 Å². The molecule has 0 spiro atoms. The van der Waals surface area contributed by atoms with Crippen LogP contribution in [0.3, 0.4) is 0 Å². The maximum atomic E-state index is 14.2. The number of sulfonamides is 1. The molecule has 1 aromatic rings. The Hall–Kier alpha value is -3.13. The van der Waals surface area contributed by atoms with Gasteiger partial charge in [0.25, 0.3) is 15.9 Å². The van der Waals surface area contributed by atoms with Crippen molar-refractivity contribution >= 4 is 36.3 Å². The first-order valence-electron chi connectivity index (χ1n) is 13.0. The minimum absolute atomic E-state index is 0.255. The summed E-state index contributed by atoms with van der Waals surface area (Å²) < 4.78 is 44.5. The largest absolute Gasteiger partial charge is 0.469 e. The molecule has 1 rings (SSSR count). The molecule has 13 nitrogen and oxygen atoms in total. The third kappa shape index (κ3) is 10.0. The minimum Gasteiger partial charge on any atom is -0.469 e. The molecule has 3 atom stereocenters. The van der Waals surface area contributed by atoms with E-state index in [1.165, 1.54) is 12.1 Å². The van der Waals surface area contributed by atoms with Crippen LogP contribution in [0.2, 0.25) is 18.1 Å². The van der Waals surface area contributed by atoms with Crippen LogP contribution < -0.4 is 5.32 Å². The van der Waals surface area contributed by atoms with Crippen molar-refractivity contribution in [1.29, 1.82) is 0 Å².